The van der Waals surface area contributed by atoms with Gasteiger partial charge in [0.05, 0.1) is 0 Å². The van der Waals surface area contributed by atoms with Gasteiger partial charge in [-0.15, -0.1) is 0 Å². The van der Waals surface area contributed by atoms with Crippen molar-refractivity contribution < 1.29 is 9.50 Å². The van der Waals surface area contributed by atoms with E-state index in [1.54, 1.807) is 6.07 Å². The first-order valence-electron chi connectivity index (χ1n) is 5.50. The molecule has 1 nitrogen and oxygen atoms in total. The number of hydrogen-bond donors (Lipinski definition) is 1. The third-order valence-electron chi connectivity index (χ3n) is 3.06. The molecule has 1 atom stereocenters. The van der Waals surface area contributed by atoms with Crippen molar-refractivity contribution in [2.24, 2.45) is 0 Å². The Morgan fingerprint density at radius 1 is 1.00 bits per heavy atom. The van der Waals surface area contributed by atoms with Crippen LogP contribution in [0.5, 0.6) is 0 Å². The molecule has 1 N–H and O–H groups in total. The molecule has 0 bridgehead atoms. The van der Waals surface area contributed by atoms with Crippen LogP contribution in [0.15, 0.2) is 48.5 Å². The van der Waals surface area contributed by atoms with Gasteiger partial charge in [-0.3, -0.25) is 0 Å². The molecular weight excluding hydrogens is 215 g/mol. The van der Waals surface area contributed by atoms with E-state index in [2.05, 4.69) is 0 Å². The highest BCUT2D eigenvalue weighted by Crippen LogP contribution is 2.40. The summed E-state index contributed by atoms with van der Waals surface area (Å²) in [7, 11) is 0. The number of fused-ring (bicyclic) bond motifs is 1. The van der Waals surface area contributed by atoms with Gasteiger partial charge in [0, 0.05) is 0 Å². The molecule has 0 saturated carbocycles. The van der Waals surface area contributed by atoms with Gasteiger partial charge in [-0.25, -0.2) is 4.39 Å². The standard InChI is InChI=1S/C15H11FO/c16-12-7-6-11-8-13(15(17)14(11)9-12)10-4-2-1-3-5-10/h1-9,15,17H. The van der Waals surface area contributed by atoms with E-state index in [-0.39, 0.29) is 5.82 Å². The van der Waals surface area contributed by atoms with Gasteiger partial charge >= 0.3 is 0 Å². The van der Waals surface area contributed by atoms with Gasteiger partial charge in [0.25, 0.3) is 0 Å². The smallest absolute Gasteiger partial charge is 0.123 e. The summed E-state index contributed by atoms with van der Waals surface area (Å²) in [4.78, 5) is 0. The zero-order valence-electron chi connectivity index (χ0n) is 9.10. The fourth-order valence-corrected chi connectivity index (χ4v) is 2.20. The first kappa shape index (κ1) is 10.2. The summed E-state index contributed by atoms with van der Waals surface area (Å²) in [5, 5.41) is 10.2. The Balaban J connectivity index is 2.08. The monoisotopic (exact) mass is 226 g/mol. The maximum absolute atomic E-state index is 13.1. The summed E-state index contributed by atoms with van der Waals surface area (Å²) in [5.41, 5.74) is 3.32. The second-order valence-corrected chi connectivity index (χ2v) is 4.14. The fourth-order valence-electron chi connectivity index (χ4n) is 2.20. The minimum atomic E-state index is -0.733. The molecule has 0 heterocycles. The lowest BCUT2D eigenvalue weighted by atomic mass is 10.0. The van der Waals surface area contributed by atoms with E-state index in [0.717, 1.165) is 16.7 Å². The van der Waals surface area contributed by atoms with Crippen molar-refractivity contribution in [1.82, 2.24) is 0 Å². The zero-order chi connectivity index (χ0) is 11.8. The van der Waals surface area contributed by atoms with E-state index in [0.29, 0.717) is 5.56 Å². The minimum absolute atomic E-state index is 0.314. The Morgan fingerprint density at radius 3 is 2.53 bits per heavy atom. The number of aliphatic hydroxyl groups is 1. The van der Waals surface area contributed by atoms with Crippen molar-refractivity contribution in [1.29, 1.82) is 0 Å². The van der Waals surface area contributed by atoms with E-state index in [1.807, 2.05) is 36.4 Å². The van der Waals surface area contributed by atoms with Crippen molar-refractivity contribution in [3.63, 3.8) is 0 Å². The van der Waals surface area contributed by atoms with Gasteiger partial charge in [-0.1, -0.05) is 36.4 Å². The number of benzene rings is 2. The SMILES string of the molecule is OC1C(c2ccccc2)=Cc2ccc(F)cc21. The van der Waals surface area contributed by atoms with Crippen LogP contribution < -0.4 is 0 Å². The zero-order valence-corrected chi connectivity index (χ0v) is 9.10. The molecule has 0 amide bonds. The van der Waals surface area contributed by atoms with Gasteiger partial charge in [-0.2, -0.15) is 0 Å². The summed E-state index contributed by atoms with van der Waals surface area (Å²) in [6.45, 7) is 0. The highest BCUT2D eigenvalue weighted by Gasteiger charge is 2.24. The second kappa shape index (κ2) is 3.82. The van der Waals surface area contributed by atoms with Crippen molar-refractivity contribution in [2.75, 3.05) is 0 Å². The lowest BCUT2D eigenvalue weighted by molar-refractivity contribution is 0.240. The van der Waals surface area contributed by atoms with Crippen molar-refractivity contribution in [3.8, 4) is 0 Å². The maximum atomic E-state index is 13.1. The topological polar surface area (TPSA) is 20.2 Å². The molecule has 2 aromatic carbocycles. The summed E-state index contributed by atoms with van der Waals surface area (Å²) in [6, 6.07) is 14.2. The molecule has 0 saturated heterocycles. The Morgan fingerprint density at radius 2 is 1.76 bits per heavy atom. The predicted octanol–water partition coefficient (Wildman–Crippen LogP) is 3.41. The molecule has 1 aliphatic carbocycles. The van der Waals surface area contributed by atoms with Gasteiger partial charge in [0.2, 0.25) is 0 Å². The van der Waals surface area contributed by atoms with Gasteiger partial charge < -0.3 is 5.11 Å². The highest BCUT2D eigenvalue weighted by atomic mass is 19.1. The van der Waals surface area contributed by atoms with Crippen LogP contribution in [0.25, 0.3) is 11.6 Å². The van der Waals surface area contributed by atoms with Crippen molar-refractivity contribution in [3.05, 3.63) is 71.0 Å². The van der Waals surface area contributed by atoms with Gasteiger partial charge in [0.15, 0.2) is 0 Å². The first-order valence-corrected chi connectivity index (χ1v) is 5.50. The molecule has 0 radical (unpaired) electrons. The summed E-state index contributed by atoms with van der Waals surface area (Å²) < 4.78 is 13.1. The molecule has 0 aromatic heterocycles. The number of aliphatic hydroxyl groups excluding tert-OH is 1. The number of rotatable bonds is 1. The van der Waals surface area contributed by atoms with Crippen LogP contribution in [-0.2, 0) is 0 Å². The van der Waals surface area contributed by atoms with E-state index in [4.69, 9.17) is 0 Å². The Kier molecular flexibility index (Phi) is 2.30. The molecule has 0 spiro atoms. The van der Waals surface area contributed by atoms with Crippen LogP contribution in [0.4, 0.5) is 4.39 Å². The lowest BCUT2D eigenvalue weighted by Crippen LogP contribution is -1.97. The number of hydrogen-bond acceptors (Lipinski definition) is 1. The average molecular weight is 226 g/mol. The molecule has 1 unspecified atom stereocenters. The summed E-state index contributed by atoms with van der Waals surface area (Å²) >= 11 is 0. The van der Waals surface area contributed by atoms with Crippen LogP contribution in [0.2, 0.25) is 0 Å². The Labute approximate surface area is 98.8 Å². The third-order valence-corrected chi connectivity index (χ3v) is 3.06. The molecule has 1 aliphatic rings. The largest absolute Gasteiger partial charge is 0.384 e. The highest BCUT2D eigenvalue weighted by molar-refractivity contribution is 5.90. The lowest BCUT2D eigenvalue weighted by Gasteiger charge is -2.10. The minimum Gasteiger partial charge on any atom is -0.384 e. The molecule has 0 fully saturated rings. The van der Waals surface area contributed by atoms with E-state index in [1.165, 1.54) is 12.1 Å². The van der Waals surface area contributed by atoms with Crippen molar-refractivity contribution >= 4 is 11.6 Å². The summed E-state index contributed by atoms with van der Waals surface area (Å²) in [5.74, 6) is -0.314. The maximum Gasteiger partial charge on any atom is 0.123 e. The summed E-state index contributed by atoms with van der Waals surface area (Å²) in [6.07, 6.45) is 1.18. The normalized spacial score (nSPS) is 17.8. The van der Waals surface area contributed by atoms with Crippen LogP contribution in [0, 0.1) is 5.82 Å². The molecule has 2 heteroatoms. The van der Waals surface area contributed by atoms with Crippen LogP contribution in [-0.4, -0.2) is 5.11 Å². The van der Waals surface area contributed by atoms with Gasteiger partial charge in [-0.05, 0) is 40.5 Å². The van der Waals surface area contributed by atoms with Crippen LogP contribution in [0.1, 0.15) is 22.8 Å². The van der Waals surface area contributed by atoms with Gasteiger partial charge in [0.1, 0.15) is 11.9 Å². The molecule has 84 valence electrons. The van der Waals surface area contributed by atoms with E-state index >= 15 is 0 Å². The quantitative estimate of drug-likeness (QED) is 0.790. The Hall–Kier alpha value is -1.93. The number of halogens is 1. The molecule has 3 rings (SSSR count). The first-order chi connectivity index (χ1) is 8.25. The molecule has 0 aliphatic heterocycles. The van der Waals surface area contributed by atoms with Crippen LogP contribution in [0.3, 0.4) is 0 Å². The molecule has 2 aromatic rings. The van der Waals surface area contributed by atoms with Crippen molar-refractivity contribution in [2.45, 2.75) is 6.10 Å². The van der Waals surface area contributed by atoms with Crippen LogP contribution >= 0.6 is 0 Å². The fraction of sp³-hybridized carbons (Fsp3) is 0.0667. The average Bonchev–Trinajstić information content (AvgIpc) is 2.68. The Bertz CT molecular complexity index is 587. The van der Waals surface area contributed by atoms with E-state index < -0.39 is 6.10 Å². The predicted molar refractivity (Wildman–Crippen MR) is 65.7 cm³/mol. The molecule has 17 heavy (non-hydrogen) atoms. The van der Waals surface area contributed by atoms with E-state index in [9.17, 15) is 9.50 Å². The third kappa shape index (κ3) is 1.67. The molecular formula is C15H11FO. The second-order valence-electron chi connectivity index (χ2n) is 4.14.